The normalized spacial score (nSPS) is 11.5. The maximum atomic E-state index is 13.1. The first-order valence-electron chi connectivity index (χ1n) is 10.0. The molecule has 13 heteroatoms. The molecule has 0 saturated heterocycles. The summed E-state index contributed by atoms with van der Waals surface area (Å²) in [6.45, 7) is 0. The number of carbonyl (C=O) groups is 1. The Morgan fingerprint density at radius 1 is 0.861 bits per heavy atom. The predicted molar refractivity (Wildman–Crippen MR) is 128 cm³/mol. The van der Waals surface area contributed by atoms with Gasteiger partial charge in [-0.2, -0.15) is 13.2 Å². The summed E-state index contributed by atoms with van der Waals surface area (Å²) < 4.78 is 82.2. The van der Waals surface area contributed by atoms with Crippen LogP contribution in [0.25, 0.3) is 0 Å². The number of rotatable bonds is 8. The highest BCUT2D eigenvalue weighted by Gasteiger charge is 2.33. The van der Waals surface area contributed by atoms with Crippen LogP contribution in [0.3, 0.4) is 0 Å². The average molecular weight is 545 g/mol. The first-order chi connectivity index (χ1) is 16.9. The second-order valence-electron chi connectivity index (χ2n) is 7.19. The largest absolute Gasteiger partial charge is 0.493 e. The quantitative estimate of drug-likeness (QED) is 0.391. The number of nitrogens with one attached hydrogen (secondary N) is 2. The molecule has 0 aliphatic carbocycles. The molecule has 0 unspecified atom stereocenters. The molecule has 0 spiro atoms. The Kier molecular flexibility index (Phi) is 7.89. The summed E-state index contributed by atoms with van der Waals surface area (Å²) in [6, 6.07) is 10.6. The van der Waals surface area contributed by atoms with Crippen LogP contribution in [-0.2, 0) is 16.2 Å². The van der Waals surface area contributed by atoms with Crippen LogP contribution in [0.15, 0.2) is 59.5 Å². The summed E-state index contributed by atoms with van der Waals surface area (Å²) in [5, 5.41) is 2.05. The summed E-state index contributed by atoms with van der Waals surface area (Å²) in [4.78, 5) is 12.5. The molecule has 36 heavy (non-hydrogen) atoms. The van der Waals surface area contributed by atoms with Gasteiger partial charge in [-0.3, -0.25) is 9.52 Å². The number of carbonyl (C=O) groups excluding carboxylic acids is 1. The molecule has 0 fully saturated rings. The van der Waals surface area contributed by atoms with Crippen LogP contribution in [0.5, 0.6) is 17.2 Å². The van der Waals surface area contributed by atoms with Gasteiger partial charge in [0.2, 0.25) is 5.75 Å². The summed E-state index contributed by atoms with van der Waals surface area (Å²) in [7, 11) is -0.00243. The maximum Gasteiger partial charge on any atom is 0.417 e. The van der Waals surface area contributed by atoms with E-state index in [4.69, 9.17) is 25.8 Å². The Morgan fingerprint density at radius 3 is 1.92 bits per heavy atom. The van der Waals surface area contributed by atoms with Gasteiger partial charge in [0.05, 0.1) is 36.8 Å². The van der Waals surface area contributed by atoms with Gasteiger partial charge >= 0.3 is 6.18 Å². The Balaban J connectivity index is 1.79. The van der Waals surface area contributed by atoms with E-state index in [1.807, 2.05) is 0 Å². The van der Waals surface area contributed by atoms with E-state index in [2.05, 4.69) is 10.0 Å². The zero-order valence-corrected chi connectivity index (χ0v) is 20.6. The minimum Gasteiger partial charge on any atom is -0.493 e. The number of benzene rings is 3. The molecule has 0 aromatic heterocycles. The Bertz CT molecular complexity index is 1350. The van der Waals surface area contributed by atoms with Crippen molar-refractivity contribution in [3.63, 3.8) is 0 Å². The van der Waals surface area contributed by atoms with E-state index in [0.29, 0.717) is 11.8 Å². The second kappa shape index (κ2) is 10.5. The summed E-state index contributed by atoms with van der Waals surface area (Å²) in [6.07, 6.45) is -4.75. The Morgan fingerprint density at radius 2 is 1.42 bits per heavy atom. The zero-order valence-electron chi connectivity index (χ0n) is 19.1. The van der Waals surface area contributed by atoms with Gasteiger partial charge in [0.1, 0.15) is 0 Å². The van der Waals surface area contributed by atoms with Crippen molar-refractivity contribution in [3.05, 3.63) is 70.7 Å². The fourth-order valence-corrected chi connectivity index (χ4v) is 4.43. The highest BCUT2D eigenvalue weighted by Crippen LogP contribution is 2.39. The van der Waals surface area contributed by atoms with Gasteiger partial charge < -0.3 is 19.5 Å². The molecule has 3 aromatic rings. The summed E-state index contributed by atoms with van der Waals surface area (Å²) >= 11 is 5.57. The van der Waals surface area contributed by atoms with Crippen molar-refractivity contribution in [2.24, 2.45) is 0 Å². The number of anilines is 2. The van der Waals surface area contributed by atoms with E-state index < -0.39 is 32.7 Å². The molecule has 0 aliphatic rings. The molecule has 0 bridgehead atoms. The second-order valence-corrected chi connectivity index (χ2v) is 9.28. The zero-order chi connectivity index (χ0) is 26.7. The Hall–Kier alpha value is -3.64. The van der Waals surface area contributed by atoms with E-state index in [0.717, 1.165) is 12.1 Å². The molecule has 3 rings (SSSR count). The van der Waals surface area contributed by atoms with Crippen LogP contribution in [0, 0.1) is 0 Å². The average Bonchev–Trinajstić information content (AvgIpc) is 2.83. The van der Waals surface area contributed by atoms with Crippen LogP contribution < -0.4 is 24.2 Å². The molecule has 192 valence electrons. The van der Waals surface area contributed by atoms with Crippen molar-refractivity contribution in [2.75, 3.05) is 31.4 Å². The van der Waals surface area contributed by atoms with Crippen LogP contribution in [0.4, 0.5) is 24.5 Å². The fraction of sp³-hybridized carbons (Fsp3) is 0.174. The first-order valence-corrected chi connectivity index (χ1v) is 11.9. The van der Waals surface area contributed by atoms with Crippen LogP contribution in [0.1, 0.15) is 15.9 Å². The topological polar surface area (TPSA) is 103 Å². The number of ether oxygens (including phenoxy) is 3. The molecule has 0 aliphatic heterocycles. The van der Waals surface area contributed by atoms with Crippen molar-refractivity contribution in [1.82, 2.24) is 0 Å². The molecule has 0 heterocycles. The lowest BCUT2D eigenvalue weighted by Gasteiger charge is -2.14. The molecule has 0 saturated carbocycles. The number of amides is 1. The lowest BCUT2D eigenvalue weighted by Crippen LogP contribution is -2.15. The van der Waals surface area contributed by atoms with Gasteiger partial charge in [0, 0.05) is 16.9 Å². The van der Waals surface area contributed by atoms with Gasteiger partial charge in [0.15, 0.2) is 11.5 Å². The van der Waals surface area contributed by atoms with Gasteiger partial charge in [-0.05, 0) is 54.6 Å². The molecule has 3 aromatic carbocycles. The molecule has 1 amide bonds. The van der Waals surface area contributed by atoms with Crippen molar-refractivity contribution in [3.8, 4) is 17.2 Å². The third kappa shape index (κ3) is 5.94. The monoisotopic (exact) mass is 544 g/mol. The van der Waals surface area contributed by atoms with Crippen molar-refractivity contribution in [2.45, 2.75) is 11.1 Å². The maximum absolute atomic E-state index is 13.1. The predicted octanol–water partition coefficient (Wildman–Crippen LogP) is 5.44. The smallest absolute Gasteiger partial charge is 0.417 e. The van der Waals surface area contributed by atoms with E-state index in [-0.39, 0.29) is 33.3 Å². The van der Waals surface area contributed by atoms with Gasteiger partial charge in [0.25, 0.3) is 15.9 Å². The third-order valence-corrected chi connectivity index (χ3v) is 6.60. The highest BCUT2D eigenvalue weighted by atomic mass is 35.5. The molecular weight excluding hydrogens is 525 g/mol. The SMILES string of the molecule is COc1cc(C(=O)Nc2ccc(S(=O)(=O)Nc3ccc(Cl)c(C(F)(F)F)c3)cc2)cc(OC)c1OC. The molecule has 2 N–H and O–H groups in total. The van der Waals surface area contributed by atoms with Crippen molar-refractivity contribution in [1.29, 1.82) is 0 Å². The van der Waals surface area contributed by atoms with Gasteiger partial charge in [-0.15, -0.1) is 0 Å². The van der Waals surface area contributed by atoms with Gasteiger partial charge in [-0.1, -0.05) is 11.6 Å². The number of hydrogen-bond acceptors (Lipinski definition) is 6. The van der Waals surface area contributed by atoms with E-state index in [1.165, 1.54) is 57.7 Å². The fourth-order valence-electron chi connectivity index (χ4n) is 3.15. The minimum absolute atomic E-state index is 0.186. The third-order valence-electron chi connectivity index (χ3n) is 4.87. The molecule has 0 radical (unpaired) electrons. The molecule has 0 atom stereocenters. The highest BCUT2D eigenvalue weighted by molar-refractivity contribution is 7.92. The minimum atomic E-state index is -4.75. The summed E-state index contributed by atoms with van der Waals surface area (Å²) in [5.74, 6) is 0.307. The number of alkyl halides is 3. The number of sulfonamides is 1. The number of halogens is 4. The van der Waals surface area contributed by atoms with Gasteiger partial charge in [-0.25, -0.2) is 8.42 Å². The lowest BCUT2D eigenvalue weighted by atomic mass is 10.1. The van der Waals surface area contributed by atoms with Crippen LogP contribution in [-0.4, -0.2) is 35.7 Å². The van der Waals surface area contributed by atoms with E-state index >= 15 is 0 Å². The lowest BCUT2D eigenvalue weighted by molar-refractivity contribution is -0.137. The van der Waals surface area contributed by atoms with Crippen molar-refractivity contribution >= 4 is 38.9 Å². The molecular formula is C23H20ClF3N2O6S. The summed E-state index contributed by atoms with van der Waals surface area (Å²) in [5.41, 5.74) is -1.04. The van der Waals surface area contributed by atoms with Crippen LogP contribution >= 0.6 is 11.6 Å². The number of hydrogen-bond donors (Lipinski definition) is 2. The standard InChI is InChI=1S/C23H20ClF3N2O6S/c1-33-19-10-13(11-20(34-2)21(19)35-3)22(30)28-14-4-7-16(8-5-14)36(31,32)29-15-6-9-18(24)17(12-15)23(25,26)27/h4-12,29H,1-3H3,(H,28,30). The molecule has 8 nitrogen and oxygen atoms in total. The van der Waals surface area contributed by atoms with Crippen molar-refractivity contribution < 1.29 is 40.6 Å². The van der Waals surface area contributed by atoms with Crippen LogP contribution in [0.2, 0.25) is 5.02 Å². The van der Waals surface area contributed by atoms with E-state index in [1.54, 1.807) is 0 Å². The first kappa shape index (κ1) is 27.0. The Labute approximate surface area is 210 Å². The number of methoxy groups -OCH3 is 3. The van der Waals surface area contributed by atoms with E-state index in [9.17, 15) is 26.4 Å².